The number of piperidine rings is 1. The van der Waals surface area contributed by atoms with Crippen molar-refractivity contribution in [2.24, 2.45) is 5.92 Å². The molecule has 1 fully saturated rings. The maximum Gasteiger partial charge on any atom is 0.308 e. The summed E-state index contributed by atoms with van der Waals surface area (Å²) in [6.07, 6.45) is 0.290. The van der Waals surface area contributed by atoms with Gasteiger partial charge in [0.2, 0.25) is 15.8 Å². The fourth-order valence-corrected chi connectivity index (χ4v) is 7.85. The second kappa shape index (κ2) is 12.3. The van der Waals surface area contributed by atoms with E-state index in [1.54, 1.807) is 36.4 Å². The largest absolute Gasteiger partial charge is 0.493 e. The first-order valence-corrected chi connectivity index (χ1v) is 14.9. The van der Waals surface area contributed by atoms with Crippen molar-refractivity contribution < 1.29 is 32.5 Å². The lowest BCUT2D eigenvalue weighted by Gasteiger charge is -2.42. The predicted octanol–water partition coefficient (Wildman–Crippen LogP) is 5.16. The van der Waals surface area contributed by atoms with Crippen molar-refractivity contribution >= 4 is 27.8 Å². The first-order valence-electron chi connectivity index (χ1n) is 12.5. The van der Waals surface area contributed by atoms with E-state index < -0.39 is 28.0 Å². The third kappa shape index (κ3) is 6.18. The second-order valence-corrected chi connectivity index (χ2v) is 12.5. The van der Waals surface area contributed by atoms with Gasteiger partial charge in [0.15, 0.2) is 11.5 Å². The van der Waals surface area contributed by atoms with Crippen LogP contribution in [0, 0.1) is 12.8 Å². The van der Waals surface area contributed by atoms with Crippen molar-refractivity contribution in [1.82, 2.24) is 4.31 Å². The van der Waals surface area contributed by atoms with Crippen LogP contribution in [0.15, 0.2) is 71.6 Å². The van der Waals surface area contributed by atoms with Crippen molar-refractivity contribution in [2.75, 3.05) is 27.9 Å². The van der Waals surface area contributed by atoms with Crippen LogP contribution in [0.5, 0.6) is 17.2 Å². The molecule has 1 aliphatic rings. The molecular formula is C29H33NO7S2. The summed E-state index contributed by atoms with van der Waals surface area (Å²) in [5.74, 6) is -0.111. The van der Waals surface area contributed by atoms with Crippen LogP contribution >= 0.6 is 11.8 Å². The lowest BCUT2D eigenvalue weighted by Crippen LogP contribution is -2.49. The Kier molecular flexibility index (Phi) is 9.09. The Morgan fingerprint density at radius 1 is 0.974 bits per heavy atom. The number of hydrogen-bond acceptors (Lipinski definition) is 7. The Morgan fingerprint density at radius 2 is 1.59 bits per heavy atom. The number of carbonyl (C=O) groups is 1. The fraction of sp³-hybridized carbons (Fsp3) is 0.345. The smallest absolute Gasteiger partial charge is 0.308 e. The number of ether oxygens (including phenoxy) is 3. The summed E-state index contributed by atoms with van der Waals surface area (Å²) in [7, 11) is 0.466. The number of hydrogen-bond donors (Lipinski definition) is 1. The van der Waals surface area contributed by atoms with Crippen molar-refractivity contribution in [3.8, 4) is 17.2 Å². The molecule has 0 saturated carbocycles. The van der Waals surface area contributed by atoms with E-state index in [4.69, 9.17) is 14.2 Å². The van der Waals surface area contributed by atoms with E-state index >= 15 is 0 Å². The molecule has 0 aliphatic carbocycles. The van der Waals surface area contributed by atoms with Gasteiger partial charge in [0, 0.05) is 17.5 Å². The summed E-state index contributed by atoms with van der Waals surface area (Å²) < 4.78 is 45.9. The van der Waals surface area contributed by atoms with E-state index in [2.05, 4.69) is 0 Å². The molecule has 39 heavy (non-hydrogen) atoms. The molecule has 0 bridgehead atoms. The summed E-state index contributed by atoms with van der Waals surface area (Å²) in [6, 6.07) is 19.2. The molecule has 0 unspecified atom stereocenters. The molecule has 8 nitrogen and oxygen atoms in total. The van der Waals surface area contributed by atoms with Crippen molar-refractivity contribution in [3.05, 3.63) is 83.4 Å². The number of thioether (sulfide) groups is 1. The van der Waals surface area contributed by atoms with Crippen LogP contribution in [0.2, 0.25) is 0 Å². The average molecular weight is 572 g/mol. The molecule has 3 aromatic carbocycles. The quantitative estimate of drug-likeness (QED) is 0.356. The molecule has 1 aliphatic heterocycles. The molecule has 3 atom stereocenters. The molecule has 1 saturated heterocycles. The minimum Gasteiger partial charge on any atom is -0.493 e. The maximum absolute atomic E-state index is 14.0. The highest BCUT2D eigenvalue weighted by Crippen LogP contribution is 2.47. The summed E-state index contributed by atoms with van der Waals surface area (Å²) in [6.45, 7) is 1.71. The second-order valence-electron chi connectivity index (χ2n) is 9.38. The van der Waals surface area contributed by atoms with Gasteiger partial charge in [-0.25, -0.2) is 8.42 Å². The van der Waals surface area contributed by atoms with Gasteiger partial charge in [-0.15, -0.1) is 0 Å². The number of aryl methyl sites for hydroxylation is 1. The highest BCUT2D eigenvalue weighted by molar-refractivity contribution is 7.99. The highest BCUT2D eigenvalue weighted by atomic mass is 32.2. The Balaban J connectivity index is 1.80. The zero-order chi connectivity index (χ0) is 28.2. The maximum atomic E-state index is 14.0. The zero-order valence-corrected chi connectivity index (χ0v) is 24.0. The van der Waals surface area contributed by atoms with E-state index in [1.807, 2.05) is 37.3 Å². The van der Waals surface area contributed by atoms with Crippen LogP contribution < -0.4 is 14.2 Å². The van der Waals surface area contributed by atoms with Crippen LogP contribution in [-0.2, 0) is 20.6 Å². The molecular weight excluding hydrogens is 538 g/mol. The van der Waals surface area contributed by atoms with Gasteiger partial charge >= 0.3 is 5.97 Å². The minimum absolute atomic E-state index is 0.116. The third-order valence-corrected chi connectivity index (χ3v) is 10.3. The first-order chi connectivity index (χ1) is 18.7. The Morgan fingerprint density at radius 3 is 2.13 bits per heavy atom. The van der Waals surface area contributed by atoms with Gasteiger partial charge in [0.1, 0.15) is 0 Å². The Labute approximate surface area is 233 Å². The number of nitrogens with zero attached hydrogens (tertiary/aromatic N) is 1. The first kappa shape index (κ1) is 28.8. The number of benzene rings is 3. The lowest BCUT2D eigenvalue weighted by atomic mass is 9.90. The van der Waals surface area contributed by atoms with Crippen molar-refractivity contribution in [2.45, 2.75) is 35.3 Å². The van der Waals surface area contributed by atoms with Crippen molar-refractivity contribution in [3.63, 3.8) is 0 Å². The number of sulfonamides is 1. The molecule has 0 amide bonds. The Bertz CT molecular complexity index is 1370. The summed E-state index contributed by atoms with van der Waals surface area (Å²) in [4.78, 5) is 12.6. The van der Waals surface area contributed by atoms with Gasteiger partial charge in [-0.05, 0) is 48.7 Å². The molecule has 1 heterocycles. The lowest BCUT2D eigenvalue weighted by molar-refractivity contribution is -0.143. The minimum atomic E-state index is -4.04. The van der Waals surface area contributed by atoms with Crippen molar-refractivity contribution in [1.29, 1.82) is 0 Å². The number of rotatable bonds is 10. The van der Waals surface area contributed by atoms with E-state index in [1.165, 1.54) is 37.4 Å². The normalized spacial score (nSPS) is 19.8. The molecule has 208 valence electrons. The summed E-state index contributed by atoms with van der Waals surface area (Å²) in [5, 5.41) is 9.86. The van der Waals surface area contributed by atoms with Crippen LogP contribution in [0.1, 0.15) is 29.2 Å². The molecule has 10 heteroatoms. The summed E-state index contributed by atoms with van der Waals surface area (Å²) >= 11 is 1.53. The van der Waals surface area contributed by atoms with Gasteiger partial charge in [-0.2, -0.15) is 16.1 Å². The molecule has 3 aromatic rings. The number of aliphatic carboxylic acids is 1. The zero-order valence-electron chi connectivity index (χ0n) is 22.4. The van der Waals surface area contributed by atoms with Gasteiger partial charge in [0.25, 0.3) is 0 Å². The SMILES string of the molecule is COc1cc([C@@H]2C[C@@H](SCc3ccccc3)[C@H](C(=O)O)CN2S(=O)(=O)c2ccc(C)cc2)cc(OC)c1OC. The number of carboxylic acids is 1. The predicted molar refractivity (Wildman–Crippen MR) is 151 cm³/mol. The molecule has 0 aromatic heterocycles. The van der Waals surface area contributed by atoms with Gasteiger partial charge in [0.05, 0.1) is 38.2 Å². The third-order valence-electron chi connectivity index (χ3n) is 6.95. The van der Waals surface area contributed by atoms with E-state index in [9.17, 15) is 18.3 Å². The molecule has 0 spiro atoms. The van der Waals surface area contributed by atoms with Crippen LogP contribution in [0.3, 0.4) is 0 Å². The number of methoxy groups -OCH3 is 3. The van der Waals surface area contributed by atoms with Gasteiger partial charge in [-0.3, -0.25) is 4.79 Å². The molecule has 0 radical (unpaired) electrons. The standard InChI is InChI=1S/C29H33NO7S2/c1-19-10-12-22(13-11-19)39(33,34)30-17-23(29(31)32)27(38-18-20-8-6-5-7-9-20)16-24(30)21-14-25(35-2)28(37-4)26(15-21)36-3/h5-15,23-24,27H,16-18H2,1-4H3,(H,31,32)/t23-,24+,27-/m1/s1. The van der Waals surface area contributed by atoms with Gasteiger partial charge < -0.3 is 19.3 Å². The average Bonchev–Trinajstić information content (AvgIpc) is 2.95. The van der Waals surface area contributed by atoms with E-state index in [0.717, 1.165) is 11.1 Å². The van der Waals surface area contributed by atoms with Crippen LogP contribution in [0.4, 0.5) is 0 Å². The van der Waals surface area contributed by atoms with Gasteiger partial charge in [-0.1, -0.05) is 48.0 Å². The van der Waals surface area contributed by atoms with E-state index in [-0.39, 0.29) is 23.1 Å². The topological polar surface area (TPSA) is 102 Å². The monoisotopic (exact) mass is 571 g/mol. The Hall–Kier alpha value is -3.21. The summed E-state index contributed by atoms with van der Waals surface area (Å²) in [5.41, 5.74) is 2.63. The van der Waals surface area contributed by atoms with Crippen LogP contribution in [-0.4, -0.2) is 56.9 Å². The number of carboxylic acid groups (broad SMARTS) is 1. The molecule has 4 rings (SSSR count). The van der Waals surface area contributed by atoms with Crippen LogP contribution in [0.25, 0.3) is 0 Å². The van der Waals surface area contributed by atoms with E-state index in [0.29, 0.717) is 28.6 Å². The highest BCUT2D eigenvalue weighted by Gasteiger charge is 2.45. The fourth-order valence-electron chi connectivity index (χ4n) is 4.85. The molecule has 1 N–H and O–H groups in total.